The predicted molar refractivity (Wildman–Crippen MR) is 143 cm³/mol. The minimum Gasteiger partial charge on any atom is -0.368 e. The first kappa shape index (κ1) is 23.5. The van der Waals surface area contributed by atoms with Crippen molar-refractivity contribution in [2.24, 2.45) is 0 Å². The molecule has 1 unspecified atom stereocenters. The minimum absolute atomic E-state index is 0.125. The SMILES string of the molecule is CC1CCCCN1c1cc(N2CCN(c3ccccc3)CC2)nc(NC(=S)NC(C)(C)C)n1. The maximum Gasteiger partial charge on any atom is 0.232 e. The first-order chi connectivity index (χ1) is 15.8. The first-order valence-electron chi connectivity index (χ1n) is 12.1. The van der Waals surface area contributed by atoms with Gasteiger partial charge in [-0.05, 0) is 71.3 Å². The number of thiocarbonyl (C=S) groups is 1. The van der Waals surface area contributed by atoms with Gasteiger partial charge in [0.15, 0.2) is 5.11 Å². The average molecular weight is 468 g/mol. The van der Waals surface area contributed by atoms with Crippen molar-refractivity contribution in [1.82, 2.24) is 15.3 Å². The van der Waals surface area contributed by atoms with E-state index in [1.54, 1.807) is 0 Å². The van der Waals surface area contributed by atoms with E-state index in [1.165, 1.54) is 24.9 Å². The quantitative estimate of drug-likeness (QED) is 0.647. The van der Waals surface area contributed by atoms with Crippen molar-refractivity contribution in [3.05, 3.63) is 36.4 Å². The van der Waals surface area contributed by atoms with Crippen molar-refractivity contribution in [1.29, 1.82) is 0 Å². The van der Waals surface area contributed by atoms with Crippen molar-refractivity contribution in [2.75, 3.05) is 52.7 Å². The fraction of sp³-hybridized carbons (Fsp3) is 0.560. The zero-order chi connectivity index (χ0) is 23.4. The number of piperazine rings is 1. The number of hydrogen-bond acceptors (Lipinski definition) is 6. The molecule has 2 aromatic rings. The van der Waals surface area contributed by atoms with Crippen molar-refractivity contribution in [3.8, 4) is 0 Å². The van der Waals surface area contributed by atoms with Crippen molar-refractivity contribution in [2.45, 2.75) is 58.5 Å². The van der Waals surface area contributed by atoms with Crippen LogP contribution in [0, 0.1) is 0 Å². The Bertz CT molecular complexity index is 936. The lowest BCUT2D eigenvalue weighted by molar-refractivity contribution is 0.481. The van der Waals surface area contributed by atoms with Gasteiger partial charge < -0.3 is 25.3 Å². The smallest absolute Gasteiger partial charge is 0.232 e. The van der Waals surface area contributed by atoms with E-state index < -0.39 is 0 Å². The molecular weight excluding hydrogens is 430 g/mol. The third-order valence-corrected chi connectivity index (χ3v) is 6.44. The molecule has 2 fully saturated rings. The first-order valence-corrected chi connectivity index (χ1v) is 12.5. The van der Waals surface area contributed by atoms with Crippen LogP contribution < -0.4 is 25.3 Å². The zero-order valence-electron chi connectivity index (χ0n) is 20.3. The summed E-state index contributed by atoms with van der Waals surface area (Å²) in [7, 11) is 0. The molecule has 33 heavy (non-hydrogen) atoms. The summed E-state index contributed by atoms with van der Waals surface area (Å²) in [6, 6.07) is 13.3. The maximum absolute atomic E-state index is 5.54. The molecular formula is C25H37N7S. The molecule has 3 heterocycles. The lowest BCUT2D eigenvalue weighted by Crippen LogP contribution is -2.47. The maximum atomic E-state index is 5.54. The number of hydrogen-bond donors (Lipinski definition) is 2. The second kappa shape index (κ2) is 10.1. The normalized spacial score (nSPS) is 19.4. The third-order valence-electron chi connectivity index (χ3n) is 6.24. The highest BCUT2D eigenvalue weighted by Crippen LogP contribution is 2.28. The highest BCUT2D eigenvalue weighted by Gasteiger charge is 2.24. The molecule has 7 nitrogen and oxygen atoms in total. The fourth-order valence-corrected chi connectivity index (χ4v) is 4.93. The summed E-state index contributed by atoms with van der Waals surface area (Å²) in [5.74, 6) is 2.51. The fourth-order valence-electron chi connectivity index (χ4n) is 4.53. The second-order valence-electron chi connectivity index (χ2n) is 10.1. The number of nitrogens with one attached hydrogen (secondary N) is 2. The zero-order valence-corrected chi connectivity index (χ0v) is 21.2. The van der Waals surface area contributed by atoms with Gasteiger partial charge in [-0.1, -0.05) is 18.2 Å². The number of para-hydroxylation sites is 1. The summed E-state index contributed by atoms with van der Waals surface area (Å²) >= 11 is 5.54. The largest absolute Gasteiger partial charge is 0.368 e. The Morgan fingerprint density at radius 3 is 2.27 bits per heavy atom. The van der Waals surface area contributed by atoms with E-state index in [1.807, 2.05) is 0 Å². The number of nitrogens with zero attached hydrogens (tertiary/aromatic N) is 5. The number of anilines is 4. The lowest BCUT2D eigenvalue weighted by atomic mass is 10.0. The summed E-state index contributed by atoms with van der Waals surface area (Å²) in [4.78, 5) is 17.0. The number of rotatable bonds is 4. The molecule has 4 rings (SSSR count). The lowest BCUT2D eigenvalue weighted by Gasteiger charge is -2.38. The van der Waals surface area contributed by atoms with E-state index in [4.69, 9.17) is 22.2 Å². The van der Waals surface area contributed by atoms with E-state index in [0.29, 0.717) is 17.1 Å². The molecule has 8 heteroatoms. The Balaban J connectivity index is 1.54. The second-order valence-corrected chi connectivity index (χ2v) is 10.5. The molecule has 0 spiro atoms. The molecule has 2 saturated heterocycles. The third kappa shape index (κ3) is 6.25. The molecule has 178 valence electrons. The standard InChI is InChI=1S/C25H37N7S/c1-19-10-8-9-13-32(19)22-18-21(26-23(27-22)28-24(33)29-25(2,3)4)31-16-14-30(15-17-31)20-11-6-5-7-12-20/h5-7,11-12,18-19H,8-10,13-17H2,1-4H3,(H2,26,27,28,29,33). The van der Waals surface area contributed by atoms with Crippen LogP contribution in [0.25, 0.3) is 0 Å². The Hall–Kier alpha value is -2.61. The number of aromatic nitrogens is 2. The molecule has 0 amide bonds. The summed E-state index contributed by atoms with van der Waals surface area (Å²) in [6.45, 7) is 13.4. The van der Waals surface area contributed by atoms with Crippen molar-refractivity contribution in [3.63, 3.8) is 0 Å². The summed E-state index contributed by atoms with van der Waals surface area (Å²) in [5.41, 5.74) is 1.16. The monoisotopic (exact) mass is 467 g/mol. The van der Waals surface area contributed by atoms with Gasteiger partial charge in [0.1, 0.15) is 11.6 Å². The van der Waals surface area contributed by atoms with E-state index >= 15 is 0 Å². The summed E-state index contributed by atoms with van der Waals surface area (Å²) in [5, 5.41) is 7.09. The van der Waals surface area contributed by atoms with Crippen molar-refractivity contribution < 1.29 is 0 Å². The highest BCUT2D eigenvalue weighted by atomic mass is 32.1. The Labute approximate surface area is 203 Å². The topological polar surface area (TPSA) is 59.6 Å². The van der Waals surface area contributed by atoms with E-state index in [-0.39, 0.29) is 5.54 Å². The molecule has 1 aromatic carbocycles. The Morgan fingerprint density at radius 1 is 0.939 bits per heavy atom. The molecule has 1 atom stereocenters. The Kier molecular flexibility index (Phi) is 7.22. The van der Waals surface area contributed by atoms with Gasteiger partial charge >= 0.3 is 0 Å². The number of benzene rings is 1. The summed E-state index contributed by atoms with van der Waals surface area (Å²) in [6.07, 6.45) is 3.68. The van der Waals surface area contributed by atoms with Gasteiger partial charge in [-0.15, -0.1) is 0 Å². The Morgan fingerprint density at radius 2 is 1.61 bits per heavy atom. The van der Waals surface area contributed by atoms with Gasteiger partial charge in [0.2, 0.25) is 5.95 Å². The molecule has 2 aliphatic heterocycles. The van der Waals surface area contributed by atoms with Crippen LogP contribution in [-0.4, -0.2) is 59.4 Å². The number of piperidine rings is 1. The van der Waals surface area contributed by atoms with Gasteiger partial charge in [-0.2, -0.15) is 9.97 Å². The van der Waals surface area contributed by atoms with Crippen LogP contribution in [-0.2, 0) is 0 Å². The molecule has 2 aliphatic rings. The summed E-state index contributed by atoms with van der Waals surface area (Å²) < 4.78 is 0. The van der Waals surface area contributed by atoms with Crippen molar-refractivity contribution >= 4 is 40.6 Å². The molecule has 0 saturated carbocycles. The van der Waals surface area contributed by atoms with Crippen LogP contribution in [0.4, 0.5) is 23.3 Å². The van der Waals surface area contributed by atoms with Crippen LogP contribution in [0.2, 0.25) is 0 Å². The van der Waals surface area contributed by atoms with Gasteiger partial charge in [0.05, 0.1) is 0 Å². The average Bonchev–Trinajstić information content (AvgIpc) is 2.78. The van der Waals surface area contributed by atoms with E-state index in [0.717, 1.165) is 44.4 Å². The van der Waals surface area contributed by atoms with E-state index in [2.05, 4.69) is 89.4 Å². The van der Waals surface area contributed by atoms with Gasteiger partial charge in [-0.3, -0.25) is 0 Å². The predicted octanol–water partition coefficient (Wildman–Crippen LogP) is 4.27. The van der Waals surface area contributed by atoms with Gasteiger partial charge in [-0.25, -0.2) is 0 Å². The van der Waals surface area contributed by atoms with Crippen LogP contribution in [0.1, 0.15) is 47.0 Å². The van der Waals surface area contributed by atoms with Gasteiger partial charge in [0, 0.05) is 56.1 Å². The van der Waals surface area contributed by atoms with Crippen LogP contribution in [0.5, 0.6) is 0 Å². The van der Waals surface area contributed by atoms with Crippen LogP contribution >= 0.6 is 12.2 Å². The molecule has 2 N–H and O–H groups in total. The van der Waals surface area contributed by atoms with Crippen LogP contribution in [0.15, 0.2) is 36.4 Å². The highest BCUT2D eigenvalue weighted by molar-refractivity contribution is 7.80. The van der Waals surface area contributed by atoms with Crippen LogP contribution in [0.3, 0.4) is 0 Å². The van der Waals surface area contributed by atoms with Gasteiger partial charge in [0.25, 0.3) is 0 Å². The molecule has 0 radical (unpaired) electrons. The molecule has 0 bridgehead atoms. The molecule has 0 aliphatic carbocycles. The molecule has 1 aromatic heterocycles. The van der Waals surface area contributed by atoms with E-state index in [9.17, 15) is 0 Å². The minimum atomic E-state index is -0.125.